The third-order valence-electron chi connectivity index (χ3n) is 4.36. The van der Waals surface area contributed by atoms with Crippen LogP contribution in [0.2, 0.25) is 0 Å². The van der Waals surface area contributed by atoms with Gasteiger partial charge in [-0.2, -0.15) is 9.89 Å². The Balaban J connectivity index is 1.29. The fourth-order valence-electron chi connectivity index (χ4n) is 2.89. The molecule has 1 aromatic heterocycles. The Morgan fingerprint density at radius 3 is 2.76 bits per heavy atom. The monoisotopic (exact) mass is 411 g/mol. The van der Waals surface area contributed by atoms with Crippen molar-refractivity contribution < 1.29 is 14.6 Å². The number of nitrogens with zero attached hydrogens (tertiary/aromatic N) is 3. The third kappa shape index (κ3) is 4.30. The fourth-order valence-corrected chi connectivity index (χ4v) is 3.79. The van der Waals surface area contributed by atoms with Crippen LogP contribution in [0.3, 0.4) is 0 Å². The Bertz CT molecular complexity index is 1000. The van der Waals surface area contributed by atoms with Crippen molar-refractivity contribution in [3.8, 4) is 0 Å². The van der Waals surface area contributed by atoms with Crippen LogP contribution in [0.4, 0.5) is 15.6 Å². The first kappa shape index (κ1) is 19.2. The van der Waals surface area contributed by atoms with Gasteiger partial charge in [0.15, 0.2) is 5.13 Å². The second-order valence-electron chi connectivity index (χ2n) is 6.35. The van der Waals surface area contributed by atoms with Crippen molar-refractivity contribution in [1.82, 2.24) is 9.88 Å². The number of guanidine groups is 1. The fraction of sp³-hybridized carbons (Fsp3) is 0.250. The maximum absolute atomic E-state index is 11.8. The van der Waals surface area contributed by atoms with Gasteiger partial charge in [-0.25, -0.2) is 9.78 Å². The molecule has 0 bridgehead atoms. The second kappa shape index (κ2) is 8.46. The number of anilines is 2. The molecule has 9 heteroatoms. The lowest BCUT2D eigenvalue weighted by Gasteiger charge is -2.33. The number of ether oxygens (including phenoxy) is 1. The summed E-state index contributed by atoms with van der Waals surface area (Å²) in [6.07, 6.45) is -0.982. The quantitative estimate of drug-likeness (QED) is 0.574. The average molecular weight is 411 g/mol. The van der Waals surface area contributed by atoms with Gasteiger partial charge >= 0.3 is 6.09 Å². The smallest absolute Gasteiger partial charge is 0.420 e. The Morgan fingerprint density at radius 1 is 1.24 bits per heavy atom. The topological polar surface area (TPSA) is 99.1 Å². The van der Waals surface area contributed by atoms with Gasteiger partial charge in [0, 0.05) is 12.2 Å². The third-order valence-corrected chi connectivity index (χ3v) is 5.35. The van der Waals surface area contributed by atoms with Crippen LogP contribution in [0, 0.1) is 0 Å². The number of hydrogen-bond acceptors (Lipinski definition) is 8. The number of nitrogens with one attached hydrogen (secondary N) is 2. The number of carbonyl (C=O) groups excluding carboxylic acids is 1. The number of fused-ring (bicyclic) bond motifs is 1. The van der Waals surface area contributed by atoms with Crippen molar-refractivity contribution >= 4 is 44.4 Å². The van der Waals surface area contributed by atoms with Gasteiger partial charge in [-0.05, 0) is 43.2 Å². The lowest BCUT2D eigenvalue weighted by molar-refractivity contribution is 0.0225. The molecule has 150 valence electrons. The zero-order valence-corrected chi connectivity index (χ0v) is 16.6. The molecule has 0 spiro atoms. The van der Waals surface area contributed by atoms with E-state index in [1.807, 2.05) is 42.5 Å². The number of carbonyl (C=O) groups is 1. The summed E-state index contributed by atoms with van der Waals surface area (Å²) in [5.74, 6) is 0.265. The molecule has 0 aliphatic carbocycles. The van der Waals surface area contributed by atoms with Gasteiger partial charge in [0.25, 0.3) is 0 Å². The minimum Gasteiger partial charge on any atom is -0.449 e. The van der Waals surface area contributed by atoms with Gasteiger partial charge in [0.1, 0.15) is 0 Å². The Morgan fingerprint density at radius 2 is 2.03 bits per heavy atom. The molecule has 1 aliphatic heterocycles. The van der Waals surface area contributed by atoms with Crippen molar-refractivity contribution in [2.24, 2.45) is 4.99 Å². The van der Waals surface area contributed by atoms with Gasteiger partial charge in [0.2, 0.25) is 12.3 Å². The van der Waals surface area contributed by atoms with Crippen LogP contribution in [-0.4, -0.2) is 46.5 Å². The largest absolute Gasteiger partial charge is 0.449 e. The molecule has 2 heterocycles. The van der Waals surface area contributed by atoms with E-state index in [1.54, 1.807) is 18.3 Å². The number of para-hydroxylation sites is 1. The molecule has 1 unspecified atom stereocenters. The maximum Gasteiger partial charge on any atom is 0.420 e. The van der Waals surface area contributed by atoms with E-state index in [2.05, 4.69) is 26.7 Å². The normalized spacial score (nSPS) is 15.6. The average Bonchev–Trinajstić information content (AvgIpc) is 3.11. The molecule has 3 N–H and O–H groups in total. The second-order valence-corrected chi connectivity index (χ2v) is 7.38. The van der Waals surface area contributed by atoms with Gasteiger partial charge in [-0.3, -0.25) is 0 Å². The molecule has 29 heavy (non-hydrogen) atoms. The van der Waals surface area contributed by atoms with Crippen LogP contribution in [0.25, 0.3) is 10.2 Å². The van der Waals surface area contributed by atoms with E-state index < -0.39 is 12.4 Å². The number of hydrogen-bond donors (Lipinski definition) is 3. The van der Waals surface area contributed by atoms with Crippen LogP contribution in [-0.2, 0) is 11.2 Å². The van der Waals surface area contributed by atoms with Crippen molar-refractivity contribution in [1.29, 1.82) is 0 Å². The lowest BCUT2D eigenvalue weighted by atomic mass is 10.1. The lowest BCUT2D eigenvalue weighted by Crippen LogP contribution is -2.55. The molecule has 1 amide bonds. The minimum absolute atomic E-state index is 0.231. The maximum atomic E-state index is 11.8. The SMILES string of the molecule is CCOC(=O)N1C(Nc2ccc(CCNc3nc4ccccc4s3)cc2)=NC1O. The molecule has 3 aromatic rings. The number of aromatic nitrogens is 1. The first-order valence-corrected chi connectivity index (χ1v) is 10.1. The molecule has 1 atom stereocenters. The highest BCUT2D eigenvalue weighted by atomic mass is 32.1. The Hall–Kier alpha value is -3.17. The molecule has 2 aromatic carbocycles. The van der Waals surface area contributed by atoms with E-state index in [0.29, 0.717) is 0 Å². The first-order chi connectivity index (χ1) is 14.1. The summed E-state index contributed by atoms with van der Waals surface area (Å²) in [6, 6.07) is 15.9. The molecule has 4 rings (SSSR count). The van der Waals surface area contributed by atoms with Gasteiger partial charge < -0.3 is 20.5 Å². The summed E-state index contributed by atoms with van der Waals surface area (Å²) in [4.78, 5) is 21.3. The molecule has 0 saturated carbocycles. The van der Waals surface area contributed by atoms with Gasteiger partial charge in [-0.1, -0.05) is 35.6 Å². The van der Waals surface area contributed by atoms with E-state index in [1.165, 1.54) is 10.3 Å². The standard InChI is InChI=1S/C20H21N5O3S/c1-2-28-20(27)25-17(24-19(25)26)22-14-9-7-13(8-10-14)11-12-21-18-23-15-5-3-4-6-16(15)29-18/h3-10,19,26H,2,11-12H2,1H3,(H,21,23)(H,22,24). The van der Waals surface area contributed by atoms with Crippen molar-refractivity contribution in [2.75, 3.05) is 23.8 Å². The van der Waals surface area contributed by atoms with E-state index >= 15 is 0 Å². The molecular weight excluding hydrogens is 390 g/mol. The van der Waals surface area contributed by atoms with Crippen LogP contribution in [0.1, 0.15) is 12.5 Å². The number of aliphatic hydroxyl groups is 1. The number of thiazole rings is 1. The predicted octanol–water partition coefficient (Wildman–Crippen LogP) is 3.47. The predicted molar refractivity (Wildman–Crippen MR) is 114 cm³/mol. The van der Waals surface area contributed by atoms with Crippen LogP contribution >= 0.6 is 11.3 Å². The number of aliphatic hydroxyl groups excluding tert-OH is 1. The molecule has 1 aliphatic rings. The van der Waals surface area contributed by atoms with E-state index in [0.717, 1.165) is 34.2 Å². The zero-order chi connectivity index (χ0) is 20.2. The molecule has 0 radical (unpaired) electrons. The van der Waals surface area contributed by atoms with Crippen LogP contribution < -0.4 is 10.6 Å². The highest BCUT2D eigenvalue weighted by Gasteiger charge is 2.36. The molecular formula is C20H21N5O3S. The number of aliphatic imine (C=N–C) groups is 1. The number of rotatable bonds is 6. The van der Waals surface area contributed by atoms with E-state index in [9.17, 15) is 9.90 Å². The van der Waals surface area contributed by atoms with Crippen molar-refractivity contribution in [2.45, 2.75) is 19.7 Å². The van der Waals surface area contributed by atoms with Gasteiger partial charge in [0.05, 0.1) is 16.8 Å². The Labute approximate surface area is 171 Å². The summed E-state index contributed by atoms with van der Waals surface area (Å²) >= 11 is 1.65. The highest BCUT2D eigenvalue weighted by Crippen LogP contribution is 2.25. The zero-order valence-electron chi connectivity index (χ0n) is 15.8. The highest BCUT2D eigenvalue weighted by molar-refractivity contribution is 7.22. The van der Waals surface area contributed by atoms with E-state index in [-0.39, 0.29) is 12.6 Å². The summed E-state index contributed by atoms with van der Waals surface area (Å²) in [6.45, 7) is 2.72. The van der Waals surface area contributed by atoms with Crippen LogP contribution in [0.5, 0.6) is 0 Å². The first-order valence-electron chi connectivity index (χ1n) is 9.31. The molecule has 8 nitrogen and oxygen atoms in total. The van der Waals surface area contributed by atoms with E-state index in [4.69, 9.17) is 4.74 Å². The summed E-state index contributed by atoms with van der Waals surface area (Å²) < 4.78 is 6.07. The minimum atomic E-state index is -1.20. The summed E-state index contributed by atoms with van der Waals surface area (Å²) in [5, 5.41) is 16.9. The Kier molecular flexibility index (Phi) is 5.59. The van der Waals surface area contributed by atoms with Gasteiger partial charge in [-0.15, -0.1) is 0 Å². The van der Waals surface area contributed by atoms with Crippen molar-refractivity contribution in [3.63, 3.8) is 0 Å². The number of benzene rings is 2. The van der Waals surface area contributed by atoms with Crippen molar-refractivity contribution in [3.05, 3.63) is 54.1 Å². The summed E-state index contributed by atoms with van der Waals surface area (Å²) in [7, 11) is 0. The van der Waals surface area contributed by atoms with Crippen LogP contribution in [0.15, 0.2) is 53.5 Å². The number of amides is 1. The summed E-state index contributed by atoms with van der Waals surface area (Å²) in [5.41, 5.74) is 2.95. The molecule has 0 saturated heterocycles. The molecule has 0 fully saturated rings.